The number of anilines is 6. The van der Waals surface area contributed by atoms with Crippen LogP contribution in [-0.4, -0.2) is 29.9 Å². The highest BCUT2D eigenvalue weighted by molar-refractivity contribution is 14.1. The van der Waals surface area contributed by atoms with Gasteiger partial charge in [-0.2, -0.15) is 0 Å². The minimum Gasteiger partial charge on any atom is -0.489 e. The molecule has 0 bridgehead atoms. The first-order chi connectivity index (χ1) is 63.9. The average molecular weight is 2110 g/mol. The van der Waals surface area contributed by atoms with Gasteiger partial charge >= 0.3 is 0 Å². The summed E-state index contributed by atoms with van der Waals surface area (Å²) in [6.45, 7) is 46.4. The fraction of sp³-hybridized carbons (Fsp3) is 0.304. The van der Waals surface area contributed by atoms with E-state index in [-0.39, 0.29) is 5.82 Å². The molecule has 0 amide bonds. The topological polar surface area (TPSA) is 128 Å². The third-order valence-corrected chi connectivity index (χ3v) is 25.0. The second kappa shape index (κ2) is 57.3. The summed E-state index contributed by atoms with van der Waals surface area (Å²) in [7, 11) is 0. The largest absolute Gasteiger partial charge is 0.489 e. The zero-order valence-corrected chi connectivity index (χ0v) is 90.7. The van der Waals surface area contributed by atoms with Crippen LogP contribution in [0.25, 0.3) is 0 Å². The van der Waals surface area contributed by atoms with E-state index in [0.717, 1.165) is 191 Å². The summed E-state index contributed by atoms with van der Waals surface area (Å²) >= 11 is 43.6. The fourth-order valence-corrected chi connectivity index (χ4v) is 15.1. The molecule has 0 aliphatic carbocycles. The zero-order chi connectivity index (χ0) is 98.3. The monoisotopic (exact) mass is 2110 g/mol. The SMILES string of the molecule is CCC(=S)Nc1cc(Br)ccc1COc1ccc(C)cc1C.CCC(=S)Nc1cc(C(C)C)ccc1COc1ccc(C)cc1C.CCC(=S)Nc1cc(C)ccc1COc1ccc(C)cc1C.CCC(=S)Nc1cc(Cl)ccc1COc1ccc(C)cc1C.CCC(=S)Nc1cc(F)ccc1COc1ccc(C)cc1C.CCC(=S)Nc1cc(I)ccc1COc1ccc(C)cc1C. The maximum Gasteiger partial charge on any atom is 0.125 e. The Balaban J connectivity index is 0.000000219. The van der Waals surface area contributed by atoms with E-state index < -0.39 is 0 Å². The van der Waals surface area contributed by atoms with E-state index in [1.807, 2.05) is 113 Å². The summed E-state index contributed by atoms with van der Waals surface area (Å²) in [5.41, 5.74) is 28.8. The summed E-state index contributed by atoms with van der Waals surface area (Å²) in [5, 5.41) is 20.2. The van der Waals surface area contributed by atoms with Crippen molar-refractivity contribution in [3.63, 3.8) is 0 Å². The Bertz CT molecular complexity index is 5320. The molecule has 12 rings (SSSR count). The molecule has 0 aromatic heterocycles. The number of aryl methyl sites for hydroxylation is 13. The number of halogens is 4. The van der Waals surface area contributed by atoms with E-state index in [1.54, 1.807) is 6.07 Å². The third-order valence-electron chi connectivity index (χ3n) is 21.2. The molecule has 0 fully saturated rings. The van der Waals surface area contributed by atoms with Gasteiger partial charge in [0, 0.05) is 80.6 Å². The highest BCUT2D eigenvalue weighted by Crippen LogP contribution is 2.34. The summed E-state index contributed by atoms with van der Waals surface area (Å²) in [6.07, 6.45) is 4.82. The molecule has 0 saturated carbocycles. The second-order valence-corrected chi connectivity index (χ2v) is 38.7. The van der Waals surface area contributed by atoms with Crippen LogP contribution in [0.3, 0.4) is 0 Å². The molecule has 12 aromatic rings. The smallest absolute Gasteiger partial charge is 0.125 e. The Labute approximate surface area is 856 Å². The normalized spacial score (nSPS) is 10.4. The van der Waals surface area contributed by atoms with Gasteiger partial charge in [-0.1, -0.05) is 311 Å². The van der Waals surface area contributed by atoms with E-state index in [2.05, 4.69) is 303 Å². The molecule has 0 aliphatic rings. The molecule has 708 valence electrons. The molecule has 0 unspecified atom stereocenters. The van der Waals surface area contributed by atoms with Gasteiger partial charge in [0.1, 0.15) is 80.0 Å². The van der Waals surface area contributed by atoms with Crippen LogP contribution in [0.5, 0.6) is 34.5 Å². The number of nitrogens with one attached hydrogen (secondary N) is 6. The standard InChI is InChI=1S/C21H27NOS.C19H23NOS.C18H20BrNOS.C18H20ClNOS.C18H20FNOS.C18H20INOS/c1-6-21(24)22-19-12-17(14(2)3)8-9-18(19)13-23-20-10-7-15(4)11-16(20)5;1-5-19(22)20-17-11-14(3)6-8-16(17)12-21-18-9-7-13(2)10-15(18)4;4*1-4-18(22)20-16-10-15(19)7-6-14(16)11-21-17-8-5-12(2)9-13(17)3/h7-12,14H,6,13H2,1-5H3,(H,22,24);6-11H,5,12H2,1-4H3,(H,20,22);4*5-10H,4,11H2,1-3H3,(H,20,22). The lowest BCUT2D eigenvalue weighted by Gasteiger charge is -2.17. The van der Waals surface area contributed by atoms with Gasteiger partial charge in [-0.3, -0.25) is 0 Å². The van der Waals surface area contributed by atoms with Gasteiger partial charge in [-0.15, -0.1) is 0 Å². The summed E-state index contributed by atoms with van der Waals surface area (Å²) < 4.78 is 51.5. The van der Waals surface area contributed by atoms with Gasteiger partial charge in [0.05, 0.1) is 29.9 Å². The molecule has 134 heavy (non-hydrogen) atoms. The van der Waals surface area contributed by atoms with Crippen molar-refractivity contribution in [3.8, 4) is 34.5 Å². The highest BCUT2D eigenvalue weighted by Gasteiger charge is 2.17. The molecule has 12 nitrogen and oxygen atoms in total. The van der Waals surface area contributed by atoms with Gasteiger partial charge in [0.2, 0.25) is 0 Å². The van der Waals surface area contributed by atoms with Gasteiger partial charge < -0.3 is 60.3 Å². The molecule has 12 aromatic carbocycles. The first kappa shape index (κ1) is 111. The minimum absolute atomic E-state index is 0.295. The number of hydrogen-bond acceptors (Lipinski definition) is 12. The Kier molecular flexibility index (Phi) is 47.6. The van der Waals surface area contributed by atoms with Crippen molar-refractivity contribution < 1.29 is 32.8 Å². The van der Waals surface area contributed by atoms with Crippen LogP contribution in [-0.2, 0) is 39.6 Å². The van der Waals surface area contributed by atoms with E-state index >= 15 is 0 Å². The lowest BCUT2D eigenvalue weighted by molar-refractivity contribution is 0.304. The van der Waals surface area contributed by atoms with Crippen LogP contribution < -0.4 is 60.3 Å². The minimum atomic E-state index is -0.295. The number of ether oxygens (including phenoxy) is 6. The maximum absolute atomic E-state index is 13.4. The van der Waals surface area contributed by atoms with Crippen LogP contribution in [0.2, 0.25) is 5.02 Å². The summed E-state index contributed by atoms with van der Waals surface area (Å²) in [4.78, 5) is 4.83. The Morgan fingerprint density at radius 2 is 0.522 bits per heavy atom. The van der Waals surface area contributed by atoms with Crippen molar-refractivity contribution in [2.45, 2.75) is 229 Å². The van der Waals surface area contributed by atoms with Gasteiger partial charge in [-0.05, 0) is 299 Å². The summed E-state index contributed by atoms with van der Waals surface area (Å²) in [6, 6.07) is 72.6. The van der Waals surface area contributed by atoms with Crippen LogP contribution in [0.4, 0.5) is 38.5 Å². The van der Waals surface area contributed by atoms with Crippen LogP contribution in [0.1, 0.15) is 211 Å². The van der Waals surface area contributed by atoms with E-state index in [9.17, 15) is 4.39 Å². The van der Waals surface area contributed by atoms with Gasteiger partial charge in [-0.25, -0.2) is 4.39 Å². The Morgan fingerprint density at radius 3 is 0.821 bits per heavy atom. The van der Waals surface area contributed by atoms with Crippen molar-refractivity contribution in [2.75, 3.05) is 31.9 Å². The number of hydrogen-bond donors (Lipinski definition) is 6. The molecule has 0 spiro atoms. The van der Waals surface area contributed by atoms with Crippen molar-refractivity contribution in [1.29, 1.82) is 0 Å². The maximum atomic E-state index is 13.4. The second-order valence-electron chi connectivity index (χ2n) is 33.2. The molecule has 0 heterocycles. The summed E-state index contributed by atoms with van der Waals surface area (Å²) in [5.74, 6) is 5.61. The molecule has 6 N–H and O–H groups in total. The molecule has 0 saturated heterocycles. The van der Waals surface area contributed by atoms with Crippen LogP contribution >= 0.6 is 123 Å². The zero-order valence-electron chi connectivity index (χ0n) is 81.3. The first-order valence-electron chi connectivity index (χ1n) is 45.2. The Hall–Kier alpha value is -9.79. The predicted molar refractivity (Wildman–Crippen MR) is 603 cm³/mol. The highest BCUT2D eigenvalue weighted by atomic mass is 127. The number of thiocarbonyl (C=S) groups is 6. The van der Waals surface area contributed by atoms with Crippen molar-refractivity contribution in [2.24, 2.45) is 0 Å². The average Bonchev–Trinajstić information content (AvgIpc) is 0.831. The van der Waals surface area contributed by atoms with Crippen molar-refractivity contribution in [1.82, 2.24) is 0 Å². The number of benzene rings is 12. The van der Waals surface area contributed by atoms with E-state index in [1.165, 1.54) is 60.2 Å². The molecular formula is C112H130BrClFIN6O6S6. The molecule has 0 aliphatic heterocycles. The molecule has 0 atom stereocenters. The molecule has 22 heteroatoms. The van der Waals surface area contributed by atoms with Crippen molar-refractivity contribution >= 4 is 187 Å². The predicted octanol–water partition coefficient (Wildman–Crippen LogP) is 33.8. The Morgan fingerprint density at radius 1 is 0.291 bits per heavy atom. The number of rotatable bonds is 31. The fourth-order valence-electron chi connectivity index (χ4n) is 13.4. The molecule has 0 radical (unpaired) electrons. The van der Waals surface area contributed by atoms with Gasteiger partial charge in [0.15, 0.2) is 0 Å². The third kappa shape index (κ3) is 38.4. The van der Waals surface area contributed by atoms with Crippen molar-refractivity contribution in [3.05, 3.63) is 349 Å². The quantitative estimate of drug-likeness (QED) is 0.0182. The lowest BCUT2D eigenvalue weighted by Crippen LogP contribution is -2.11. The van der Waals surface area contributed by atoms with E-state index in [0.29, 0.717) is 67.7 Å². The molecular weight excluding hydrogens is 1980 g/mol. The van der Waals surface area contributed by atoms with E-state index in [4.69, 9.17) is 113 Å². The first-order valence-corrected chi connectivity index (χ1v) is 49.9. The van der Waals surface area contributed by atoms with Crippen LogP contribution in [0, 0.1) is 99.4 Å². The lowest BCUT2D eigenvalue weighted by atomic mass is 10.0. The van der Waals surface area contributed by atoms with Gasteiger partial charge in [0.25, 0.3) is 0 Å². The van der Waals surface area contributed by atoms with Crippen LogP contribution in [0.15, 0.2) is 223 Å².